The fraction of sp³-hybridized carbons (Fsp3) is 0.409. The third-order valence-corrected chi connectivity index (χ3v) is 5.80. The average Bonchev–Trinajstić information content (AvgIpc) is 2.76. The molecule has 2 rings (SSSR count). The van der Waals surface area contributed by atoms with Gasteiger partial charge in [-0.2, -0.15) is 0 Å². The lowest BCUT2D eigenvalue weighted by molar-refractivity contribution is 0.180. The second-order valence-corrected chi connectivity index (χ2v) is 9.07. The van der Waals surface area contributed by atoms with E-state index in [1.807, 2.05) is 45.0 Å². The van der Waals surface area contributed by atoms with Crippen molar-refractivity contribution in [2.45, 2.75) is 44.4 Å². The van der Waals surface area contributed by atoms with Crippen molar-refractivity contribution < 1.29 is 18.3 Å². The van der Waals surface area contributed by atoms with Gasteiger partial charge in [0.05, 0.1) is 23.6 Å². The van der Waals surface area contributed by atoms with E-state index in [0.717, 1.165) is 16.9 Å². The van der Waals surface area contributed by atoms with E-state index < -0.39 is 16.1 Å². The summed E-state index contributed by atoms with van der Waals surface area (Å²) in [7, 11) is -2.08. The SMILES string of the molecule is CCNC(=NCc1ccc(S(=O)(=O)NC)cc1)NCC(O)c1ccc(OC(C)C)cc1.I. The molecule has 10 heteroatoms. The van der Waals surface area contributed by atoms with Gasteiger partial charge >= 0.3 is 0 Å². The van der Waals surface area contributed by atoms with Crippen LogP contribution in [-0.4, -0.2) is 45.7 Å². The maximum atomic E-state index is 11.8. The lowest BCUT2D eigenvalue weighted by atomic mass is 10.1. The van der Waals surface area contributed by atoms with E-state index in [9.17, 15) is 13.5 Å². The van der Waals surface area contributed by atoms with Crippen LogP contribution < -0.4 is 20.1 Å². The number of sulfonamides is 1. The summed E-state index contributed by atoms with van der Waals surface area (Å²) in [6, 6.07) is 13.9. The van der Waals surface area contributed by atoms with Gasteiger partial charge in [-0.25, -0.2) is 18.1 Å². The van der Waals surface area contributed by atoms with Crippen molar-refractivity contribution >= 4 is 40.0 Å². The normalized spacial score (nSPS) is 12.8. The molecule has 0 saturated heterocycles. The lowest BCUT2D eigenvalue weighted by Crippen LogP contribution is -2.39. The molecule has 0 fully saturated rings. The van der Waals surface area contributed by atoms with Crippen molar-refractivity contribution in [1.29, 1.82) is 0 Å². The van der Waals surface area contributed by atoms with Crippen molar-refractivity contribution in [3.63, 3.8) is 0 Å². The summed E-state index contributed by atoms with van der Waals surface area (Å²) in [6.07, 6.45) is -0.608. The number of halogens is 1. The van der Waals surface area contributed by atoms with Crippen LogP contribution in [0.3, 0.4) is 0 Å². The highest BCUT2D eigenvalue weighted by Crippen LogP contribution is 2.18. The molecule has 0 saturated carbocycles. The molecule has 2 aromatic carbocycles. The zero-order valence-corrected chi connectivity index (χ0v) is 22.0. The van der Waals surface area contributed by atoms with Crippen molar-refractivity contribution in [2.24, 2.45) is 4.99 Å². The molecule has 0 bridgehead atoms. The van der Waals surface area contributed by atoms with Crippen LogP contribution >= 0.6 is 24.0 Å². The lowest BCUT2D eigenvalue weighted by Gasteiger charge is -2.16. The van der Waals surface area contributed by atoms with Gasteiger partial charge in [-0.05, 0) is 63.2 Å². The second-order valence-electron chi connectivity index (χ2n) is 7.18. The Labute approximate surface area is 207 Å². The average molecular weight is 577 g/mol. The van der Waals surface area contributed by atoms with Crippen LogP contribution in [0.4, 0.5) is 0 Å². The van der Waals surface area contributed by atoms with Gasteiger partial charge in [-0.1, -0.05) is 24.3 Å². The molecule has 0 spiro atoms. The molecule has 178 valence electrons. The summed E-state index contributed by atoms with van der Waals surface area (Å²) in [5.74, 6) is 1.33. The topological polar surface area (TPSA) is 112 Å². The summed E-state index contributed by atoms with van der Waals surface area (Å²) < 4.78 is 31.5. The molecular weight excluding hydrogens is 543 g/mol. The number of rotatable bonds is 10. The number of aliphatic hydroxyl groups excluding tert-OH is 1. The summed E-state index contributed by atoms with van der Waals surface area (Å²) >= 11 is 0. The Kier molecular flexibility index (Phi) is 12.0. The maximum absolute atomic E-state index is 11.8. The molecule has 0 aromatic heterocycles. The van der Waals surface area contributed by atoms with Gasteiger partial charge in [0.25, 0.3) is 0 Å². The monoisotopic (exact) mass is 576 g/mol. The molecule has 4 N–H and O–H groups in total. The molecule has 2 aromatic rings. The Morgan fingerprint density at radius 2 is 1.69 bits per heavy atom. The molecule has 0 radical (unpaired) electrons. The Morgan fingerprint density at radius 1 is 1.06 bits per heavy atom. The standard InChI is InChI=1S/C22H32N4O4S.HI/c1-5-24-22(25-14-17-6-12-20(13-7-17)31(28,29)23-4)26-15-21(27)18-8-10-19(11-9-18)30-16(2)3;/h6-13,16,21,23,27H,5,14-15H2,1-4H3,(H2,24,25,26);1H. The molecule has 1 unspecified atom stereocenters. The first-order valence-corrected chi connectivity index (χ1v) is 11.7. The fourth-order valence-electron chi connectivity index (χ4n) is 2.76. The molecule has 0 heterocycles. The minimum absolute atomic E-state index is 0. The van der Waals surface area contributed by atoms with Gasteiger partial charge in [-0.3, -0.25) is 0 Å². The van der Waals surface area contributed by atoms with Gasteiger partial charge in [-0.15, -0.1) is 24.0 Å². The summed E-state index contributed by atoms with van der Waals surface area (Å²) in [6.45, 7) is 7.21. The number of nitrogens with one attached hydrogen (secondary N) is 3. The summed E-state index contributed by atoms with van der Waals surface area (Å²) in [4.78, 5) is 4.72. The highest BCUT2D eigenvalue weighted by atomic mass is 127. The van der Waals surface area contributed by atoms with Gasteiger partial charge in [0.1, 0.15) is 5.75 Å². The second kappa shape index (κ2) is 13.6. The van der Waals surface area contributed by atoms with E-state index in [0.29, 0.717) is 19.0 Å². The van der Waals surface area contributed by atoms with Gasteiger partial charge in [0.15, 0.2) is 5.96 Å². The minimum atomic E-state index is -3.45. The molecule has 8 nitrogen and oxygen atoms in total. The van der Waals surface area contributed by atoms with Crippen molar-refractivity contribution in [1.82, 2.24) is 15.4 Å². The smallest absolute Gasteiger partial charge is 0.240 e. The van der Waals surface area contributed by atoms with Gasteiger partial charge in [0, 0.05) is 13.1 Å². The van der Waals surface area contributed by atoms with Crippen LogP contribution in [0.2, 0.25) is 0 Å². The van der Waals surface area contributed by atoms with E-state index in [-0.39, 0.29) is 41.5 Å². The maximum Gasteiger partial charge on any atom is 0.240 e. The Bertz CT molecular complexity index is 949. The van der Waals surface area contributed by atoms with Crippen molar-refractivity contribution in [3.05, 3.63) is 59.7 Å². The number of aliphatic imine (C=N–C) groups is 1. The van der Waals surface area contributed by atoms with Crippen LogP contribution in [-0.2, 0) is 16.6 Å². The molecular formula is C22H33IN4O4S. The third kappa shape index (κ3) is 8.93. The van der Waals surface area contributed by atoms with Gasteiger partial charge in [0.2, 0.25) is 10.0 Å². The van der Waals surface area contributed by atoms with Crippen LogP contribution in [0.15, 0.2) is 58.4 Å². The first-order valence-electron chi connectivity index (χ1n) is 10.2. The summed E-state index contributed by atoms with van der Waals surface area (Å²) in [5.41, 5.74) is 1.65. The number of ether oxygens (including phenoxy) is 1. The van der Waals surface area contributed by atoms with E-state index in [2.05, 4.69) is 20.3 Å². The number of hydrogen-bond acceptors (Lipinski definition) is 5. The van der Waals surface area contributed by atoms with Gasteiger partial charge < -0.3 is 20.5 Å². The van der Waals surface area contributed by atoms with Crippen molar-refractivity contribution in [2.75, 3.05) is 20.1 Å². The minimum Gasteiger partial charge on any atom is -0.491 e. The van der Waals surface area contributed by atoms with E-state index in [4.69, 9.17) is 4.74 Å². The quantitative estimate of drug-likeness (QED) is 0.197. The number of aliphatic hydroxyl groups is 1. The number of benzene rings is 2. The van der Waals surface area contributed by atoms with E-state index in [1.165, 1.54) is 7.05 Å². The van der Waals surface area contributed by atoms with E-state index >= 15 is 0 Å². The molecule has 0 aliphatic carbocycles. The molecule has 0 amide bonds. The van der Waals surface area contributed by atoms with E-state index in [1.54, 1.807) is 24.3 Å². The van der Waals surface area contributed by atoms with Crippen LogP contribution in [0, 0.1) is 0 Å². The Hall–Kier alpha value is -1.89. The van der Waals surface area contributed by atoms with Crippen LogP contribution in [0.5, 0.6) is 5.75 Å². The molecule has 1 atom stereocenters. The zero-order valence-electron chi connectivity index (χ0n) is 18.8. The summed E-state index contributed by atoms with van der Waals surface area (Å²) in [5, 5.41) is 16.7. The predicted molar refractivity (Wildman–Crippen MR) is 138 cm³/mol. The number of guanidine groups is 1. The number of nitrogens with zero attached hydrogens (tertiary/aromatic N) is 1. The van der Waals surface area contributed by atoms with Crippen molar-refractivity contribution in [3.8, 4) is 5.75 Å². The van der Waals surface area contributed by atoms with Crippen LogP contribution in [0.25, 0.3) is 0 Å². The predicted octanol–water partition coefficient (Wildman–Crippen LogP) is 2.79. The Morgan fingerprint density at radius 3 is 2.22 bits per heavy atom. The highest BCUT2D eigenvalue weighted by molar-refractivity contribution is 14.0. The Balaban J connectivity index is 0.00000512. The largest absolute Gasteiger partial charge is 0.491 e. The molecule has 0 aliphatic heterocycles. The first-order chi connectivity index (χ1) is 14.7. The zero-order chi connectivity index (χ0) is 22.9. The third-order valence-electron chi connectivity index (χ3n) is 4.37. The molecule has 32 heavy (non-hydrogen) atoms. The first kappa shape index (κ1) is 28.1. The fourth-order valence-corrected chi connectivity index (χ4v) is 3.49. The molecule has 0 aliphatic rings. The highest BCUT2D eigenvalue weighted by Gasteiger charge is 2.11. The number of hydrogen-bond donors (Lipinski definition) is 4. The van der Waals surface area contributed by atoms with Crippen LogP contribution in [0.1, 0.15) is 38.0 Å².